The van der Waals surface area contributed by atoms with Gasteiger partial charge in [-0.1, -0.05) is 40.9 Å². The van der Waals surface area contributed by atoms with Gasteiger partial charge in [0.15, 0.2) is 0 Å². The minimum atomic E-state index is -3.89. The Morgan fingerprint density at radius 3 is 2.43 bits per heavy atom. The van der Waals surface area contributed by atoms with Crippen molar-refractivity contribution < 1.29 is 17.9 Å². The van der Waals surface area contributed by atoms with Crippen molar-refractivity contribution in [1.82, 2.24) is 4.31 Å². The number of hydrogen-bond acceptors (Lipinski definition) is 4. The Morgan fingerprint density at radius 2 is 1.75 bits per heavy atom. The standard InChI is InChI=1S/C18H17Cl3N2O4S/c1-11-2-3-12(19)8-16(11)22-18(24)13-9-17(15(21)10-14(13)20)28(25,26)23-4-6-27-7-5-23/h2-3,8-10H,4-7H2,1H3,(H,22,24). The van der Waals surface area contributed by atoms with Crippen molar-refractivity contribution in [2.24, 2.45) is 0 Å². The SMILES string of the molecule is Cc1ccc(Cl)cc1NC(=O)c1cc(S(=O)(=O)N2CCOCC2)c(Cl)cc1Cl. The number of carbonyl (C=O) groups is 1. The third-order valence-electron chi connectivity index (χ3n) is 4.30. The Bertz CT molecular complexity index is 1020. The van der Waals surface area contributed by atoms with E-state index in [-0.39, 0.29) is 33.6 Å². The lowest BCUT2D eigenvalue weighted by molar-refractivity contribution is 0.0730. The van der Waals surface area contributed by atoms with Gasteiger partial charge in [0.1, 0.15) is 4.90 Å². The predicted octanol–water partition coefficient (Wildman–Crippen LogP) is 4.23. The maximum absolute atomic E-state index is 12.9. The van der Waals surface area contributed by atoms with E-state index in [9.17, 15) is 13.2 Å². The number of halogens is 3. The zero-order valence-electron chi connectivity index (χ0n) is 14.8. The van der Waals surface area contributed by atoms with Gasteiger partial charge in [-0.05, 0) is 36.8 Å². The summed E-state index contributed by atoms with van der Waals surface area (Å²) in [5.74, 6) is -0.564. The van der Waals surface area contributed by atoms with Crippen LogP contribution in [-0.4, -0.2) is 44.9 Å². The molecule has 0 saturated carbocycles. The summed E-state index contributed by atoms with van der Waals surface area (Å²) in [6.07, 6.45) is 0. The van der Waals surface area contributed by atoms with Crippen LogP contribution in [0.1, 0.15) is 15.9 Å². The third-order valence-corrected chi connectivity index (χ3v) is 7.21. The van der Waals surface area contributed by atoms with Gasteiger partial charge in [0.25, 0.3) is 5.91 Å². The van der Waals surface area contributed by atoms with Gasteiger partial charge < -0.3 is 10.1 Å². The average molecular weight is 464 g/mol. The highest BCUT2D eigenvalue weighted by molar-refractivity contribution is 7.89. The lowest BCUT2D eigenvalue weighted by atomic mass is 10.1. The molecule has 2 aromatic rings. The van der Waals surface area contributed by atoms with E-state index in [1.807, 2.05) is 6.92 Å². The molecule has 0 spiro atoms. The van der Waals surface area contributed by atoms with Crippen molar-refractivity contribution in [2.45, 2.75) is 11.8 Å². The molecular formula is C18H17Cl3N2O4S. The Balaban J connectivity index is 1.97. The van der Waals surface area contributed by atoms with Gasteiger partial charge in [0.2, 0.25) is 10.0 Å². The van der Waals surface area contributed by atoms with Crippen LogP contribution in [0.4, 0.5) is 5.69 Å². The topological polar surface area (TPSA) is 75.7 Å². The first-order chi connectivity index (χ1) is 13.2. The van der Waals surface area contributed by atoms with E-state index in [0.29, 0.717) is 23.9 Å². The van der Waals surface area contributed by atoms with Crippen molar-refractivity contribution in [3.63, 3.8) is 0 Å². The Labute approximate surface area is 178 Å². The molecule has 1 N–H and O–H groups in total. The number of hydrogen-bond donors (Lipinski definition) is 1. The van der Waals surface area contributed by atoms with E-state index >= 15 is 0 Å². The zero-order valence-corrected chi connectivity index (χ0v) is 17.9. The van der Waals surface area contributed by atoms with Crippen molar-refractivity contribution in [3.05, 3.63) is 56.5 Å². The number of rotatable bonds is 4. The number of anilines is 1. The molecule has 1 saturated heterocycles. The highest BCUT2D eigenvalue weighted by Crippen LogP contribution is 2.32. The number of nitrogens with one attached hydrogen (secondary N) is 1. The first-order valence-corrected chi connectivity index (χ1v) is 10.9. The summed E-state index contributed by atoms with van der Waals surface area (Å²) in [7, 11) is -3.89. The van der Waals surface area contributed by atoms with Crippen LogP contribution in [0.25, 0.3) is 0 Å². The summed E-state index contributed by atoms with van der Waals surface area (Å²) < 4.78 is 32.4. The monoisotopic (exact) mass is 462 g/mol. The highest BCUT2D eigenvalue weighted by atomic mass is 35.5. The molecule has 10 heteroatoms. The molecule has 6 nitrogen and oxygen atoms in total. The molecule has 1 amide bonds. The molecule has 3 rings (SSSR count). The summed E-state index contributed by atoms with van der Waals surface area (Å²) in [6.45, 7) is 2.83. The van der Waals surface area contributed by atoms with Crippen LogP contribution in [0.3, 0.4) is 0 Å². The van der Waals surface area contributed by atoms with Crippen LogP contribution in [0, 0.1) is 6.92 Å². The van der Waals surface area contributed by atoms with Crippen molar-refractivity contribution in [1.29, 1.82) is 0 Å². The quantitative estimate of drug-likeness (QED) is 0.736. The number of sulfonamides is 1. The fourth-order valence-corrected chi connectivity index (χ4v) is 5.16. The molecule has 1 heterocycles. The lowest BCUT2D eigenvalue weighted by Crippen LogP contribution is -2.40. The number of amides is 1. The molecule has 150 valence electrons. The second-order valence-corrected chi connectivity index (χ2v) is 9.35. The van der Waals surface area contributed by atoms with Crippen LogP contribution >= 0.6 is 34.8 Å². The normalized spacial score (nSPS) is 15.4. The van der Waals surface area contributed by atoms with Gasteiger partial charge in [-0.15, -0.1) is 0 Å². The van der Waals surface area contributed by atoms with Crippen molar-refractivity contribution >= 4 is 56.4 Å². The Kier molecular flexibility index (Phi) is 6.54. The number of morpholine rings is 1. The van der Waals surface area contributed by atoms with E-state index in [1.165, 1.54) is 16.4 Å². The van der Waals surface area contributed by atoms with Crippen molar-refractivity contribution in [3.8, 4) is 0 Å². The van der Waals surface area contributed by atoms with E-state index in [2.05, 4.69) is 5.32 Å². The molecule has 1 aliphatic rings. The molecule has 28 heavy (non-hydrogen) atoms. The molecule has 0 unspecified atom stereocenters. The first kappa shape index (κ1) is 21.4. The van der Waals surface area contributed by atoms with Crippen molar-refractivity contribution in [2.75, 3.05) is 31.6 Å². The second-order valence-electron chi connectivity index (χ2n) is 6.19. The summed E-state index contributed by atoms with van der Waals surface area (Å²) in [5, 5.41) is 3.16. The van der Waals surface area contributed by atoms with E-state index in [0.717, 1.165) is 5.56 Å². The minimum Gasteiger partial charge on any atom is -0.379 e. The maximum atomic E-state index is 12.9. The molecule has 1 aliphatic heterocycles. The molecule has 2 aromatic carbocycles. The van der Waals surface area contributed by atoms with Crippen LogP contribution in [0.5, 0.6) is 0 Å². The lowest BCUT2D eigenvalue weighted by Gasteiger charge is -2.26. The number of carbonyl (C=O) groups excluding carboxylic acids is 1. The van der Waals surface area contributed by atoms with Crippen LogP contribution in [0.2, 0.25) is 15.1 Å². The van der Waals surface area contributed by atoms with Gasteiger partial charge in [-0.2, -0.15) is 4.31 Å². The largest absolute Gasteiger partial charge is 0.379 e. The summed E-state index contributed by atoms with van der Waals surface area (Å²) >= 11 is 18.3. The maximum Gasteiger partial charge on any atom is 0.257 e. The van der Waals surface area contributed by atoms with E-state index in [4.69, 9.17) is 39.5 Å². The molecule has 1 fully saturated rings. The fraction of sp³-hybridized carbons (Fsp3) is 0.278. The van der Waals surface area contributed by atoms with Gasteiger partial charge >= 0.3 is 0 Å². The van der Waals surface area contributed by atoms with Gasteiger partial charge in [0, 0.05) is 23.8 Å². The molecule has 0 bridgehead atoms. The Morgan fingerprint density at radius 1 is 1.07 bits per heavy atom. The molecule has 0 radical (unpaired) electrons. The smallest absolute Gasteiger partial charge is 0.257 e. The van der Waals surface area contributed by atoms with Gasteiger partial charge in [-0.3, -0.25) is 4.79 Å². The molecule has 0 atom stereocenters. The number of nitrogens with zero attached hydrogens (tertiary/aromatic N) is 1. The summed E-state index contributed by atoms with van der Waals surface area (Å²) in [6, 6.07) is 7.52. The minimum absolute atomic E-state index is 0.00252. The van der Waals surface area contributed by atoms with Crippen LogP contribution in [0.15, 0.2) is 35.2 Å². The number of aryl methyl sites for hydroxylation is 1. The predicted molar refractivity (Wildman–Crippen MR) is 110 cm³/mol. The number of benzene rings is 2. The third kappa shape index (κ3) is 4.45. The zero-order chi connectivity index (χ0) is 20.5. The molecule has 0 aliphatic carbocycles. The molecular weight excluding hydrogens is 447 g/mol. The van der Waals surface area contributed by atoms with Crippen LogP contribution < -0.4 is 5.32 Å². The summed E-state index contributed by atoms with van der Waals surface area (Å²) in [4.78, 5) is 12.6. The van der Waals surface area contributed by atoms with Gasteiger partial charge in [-0.25, -0.2) is 8.42 Å². The summed E-state index contributed by atoms with van der Waals surface area (Å²) in [5.41, 5.74) is 1.29. The fourth-order valence-electron chi connectivity index (χ4n) is 2.75. The Hall–Kier alpha value is -1.35. The second kappa shape index (κ2) is 8.57. The highest BCUT2D eigenvalue weighted by Gasteiger charge is 2.30. The van der Waals surface area contributed by atoms with E-state index < -0.39 is 15.9 Å². The number of ether oxygens (including phenoxy) is 1. The average Bonchev–Trinajstić information content (AvgIpc) is 2.65. The van der Waals surface area contributed by atoms with Crippen LogP contribution in [-0.2, 0) is 14.8 Å². The van der Waals surface area contributed by atoms with Gasteiger partial charge in [0.05, 0.1) is 28.8 Å². The van der Waals surface area contributed by atoms with E-state index in [1.54, 1.807) is 18.2 Å². The molecule has 0 aromatic heterocycles. The first-order valence-electron chi connectivity index (χ1n) is 8.34.